The van der Waals surface area contributed by atoms with Crippen LogP contribution in [-0.2, 0) is 33.1 Å². The Kier molecular flexibility index (Phi) is 10.0. The molecule has 1 radical (unpaired) electrons. The number of hydrogen-bond donors (Lipinski definition) is 0. The molecule has 0 amide bonds. The van der Waals surface area contributed by atoms with E-state index in [0.717, 1.165) is 57.4 Å². The number of furan rings is 1. The van der Waals surface area contributed by atoms with Gasteiger partial charge >= 0.3 is 0 Å². The topological polar surface area (TPSA) is 56.7 Å². The zero-order valence-corrected chi connectivity index (χ0v) is 30.4. The van der Waals surface area contributed by atoms with Gasteiger partial charge in [-0.15, -0.1) is 54.1 Å². The summed E-state index contributed by atoms with van der Waals surface area (Å²) in [7, 11) is -1.34. The molecule has 0 spiro atoms. The smallest absolute Gasteiger partial charge is 0.218 e. The second kappa shape index (κ2) is 13.8. The molecule has 46 heavy (non-hydrogen) atoms. The van der Waals surface area contributed by atoms with E-state index in [0.29, 0.717) is 11.5 Å². The monoisotopic (exact) mass is 805 g/mol. The third-order valence-electron chi connectivity index (χ3n) is 7.87. The van der Waals surface area contributed by atoms with Crippen molar-refractivity contribution in [3.63, 3.8) is 0 Å². The zero-order chi connectivity index (χ0) is 31.7. The Bertz CT molecular complexity index is 2120. The number of halogens is 1. The van der Waals surface area contributed by atoms with Crippen LogP contribution in [0.5, 0.6) is 0 Å². The summed E-state index contributed by atoms with van der Waals surface area (Å²) in [5.41, 5.74) is 7.25. The zero-order valence-electron chi connectivity index (χ0n) is 27.0. The van der Waals surface area contributed by atoms with Gasteiger partial charge in [0.15, 0.2) is 0 Å². The average molecular weight is 805 g/mol. The number of aromatic nitrogens is 4. The second-order valence-electron chi connectivity index (χ2n) is 12.7. The molecule has 4 aromatic heterocycles. The van der Waals surface area contributed by atoms with Crippen LogP contribution in [-0.4, -0.2) is 27.6 Å². The molecule has 0 aliphatic carbocycles. The predicted molar refractivity (Wildman–Crippen MR) is 185 cm³/mol. The summed E-state index contributed by atoms with van der Waals surface area (Å²) < 4.78 is 21.5. The van der Waals surface area contributed by atoms with Gasteiger partial charge in [-0.3, -0.25) is 4.98 Å². The number of fused-ring (bicyclic) bond motifs is 4. The number of rotatable bonds is 6. The third-order valence-corrected chi connectivity index (χ3v) is 9.94. The predicted octanol–water partition coefficient (Wildman–Crippen LogP) is 9.25. The number of benzene rings is 3. The Hall–Kier alpha value is -3.97. The van der Waals surface area contributed by atoms with Crippen molar-refractivity contribution in [2.75, 3.05) is 0 Å². The summed E-state index contributed by atoms with van der Waals surface area (Å²) in [6.07, 6.45) is 3.24. The number of aryl methyl sites for hydroxylation is 1. The van der Waals surface area contributed by atoms with Gasteiger partial charge in [0, 0.05) is 38.2 Å². The molecule has 7 rings (SSSR count). The SMILES string of the molecule is CC(C)Cc1cc(-c2[c-]cccc2)ncc1[Si](C)(C)C.CCn1c(-c2[c-]ccc3c2oc2nc(F)ccc23)nc2ccccc21.[Ir]. The molecule has 0 N–H and O–H groups in total. The minimum Gasteiger partial charge on any atom is -0.486 e. The molecule has 3 aromatic carbocycles. The first-order chi connectivity index (χ1) is 21.6. The fourth-order valence-electron chi connectivity index (χ4n) is 5.83. The van der Waals surface area contributed by atoms with Crippen LogP contribution in [0, 0.1) is 24.0 Å². The van der Waals surface area contributed by atoms with Gasteiger partial charge in [0.1, 0.15) is 0 Å². The molecule has 4 heterocycles. The number of pyridine rings is 2. The van der Waals surface area contributed by atoms with Gasteiger partial charge in [-0.25, -0.2) is 0 Å². The number of imidazole rings is 1. The fourth-order valence-corrected chi connectivity index (χ4v) is 7.42. The Labute approximate surface area is 284 Å². The van der Waals surface area contributed by atoms with E-state index in [2.05, 4.69) is 85.4 Å². The van der Waals surface area contributed by atoms with Gasteiger partial charge in [-0.2, -0.15) is 9.37 Å². The van der Waals surface area contributed by atoms with Gasteiger partial charge < -0.3 is 14.0 Å². The molecular weight excluding hydrogens is 768 g/mol. The first-order valence-electron chi connectivity index (χ1n) is 15.5. The van der Waals surface area contributed by atoms with Crippen molar-refractivity contribution in [1.82, 2.24) is 19.5 Å². The molecule has 0 aliphatic rings. The van der Waals surface area contributed by atoms with Gasteiger partial charge in [0.05, 0.1) is 30.5 Å². The van der Waals surface area contributed by atoms with Crippen molar-refractivity contribution in [3.8, 4) is 22.6 Å². The van der Waals surface area contributed by atoms with Crippen LogP contribution in [0.3, 0.4) is 0 Å². The molecule has 0 saturated heterocycles. The van der Waals surface area contributed by atoms with Gasteiger partial charge in [-0.05, 0) is 54.4 Å². The van der Waals surface area contributed by atoms with E-state index in [9.17, 15) is 4.39 Å². The number of hydrogen-bond acceptors (Lipinski definition) is 4. The van der Waals surface area contributed by atoms with Gasteiger partial charge in [0.25, 0.3) is 0 Å². The molecule has 7 aromatic rings. The Morgan fingerprint density at radius 1 is 0.913 bits per heavy atom. The summed E-state index contributed by atoms with van der Waals surface area (Å²) in [5.74, 6) is 0.895. The molecule has 0 unspecified atom stereocenters. The maximum Gasteiger partial charge on any atom is 0.218 e. The van der Waals surface area contributed by atoms with E-state index in [1.54, 1.807) is 6.07 Å². The van der Waals surface area contributed by atoms with Crippen molar-refractivity contribution < 1.29 is 28.9 Å². The largest absolute Gasteiger partial charge is 0.486 e. The Morgan fingerprint density at radius 3 is 2.41 bits per heavy atom. The molecule has 0 saturated carbocycles. The minimum absolute atomic E-state index is 0. The van der Waals surface area contributed by atoms with Crippen LogP contribution in [0.2, 0.25) is 19.6 Å². The van der Waals surface area contributed by atoms with E-state index in [1.807, 2.05) is 54.6 Å². The summed E-state index contributed by atoms with van der Waals surface area (Å²) in [4.78, 5) is 13.3. The van der Waals surface area contributed by atoms with Crippen molar-refractivity contribution >= 4 is 46.4 Å². The normalized spacial score (nSPS) is 11.6. The van der Waals surface area contributed by atoms with E-state index < -0.39 is 14.0 Å². The van der Waals surface area contributed by atoms with Crippen molar-refractivity contribution in [1.29, 1.82) is 0 Å². The van der Waals surface area contributed by atoms with Gasteiger partial charge in [0.2, 0.25) is 11.7 Å². The molecule has 0 atom stereocenters. The molecule has 0 fully saturated rings. The maximum atomic E-state index is 13.5. The maximum absolute atomic E-state index is 13.5. The molecular formula is C38H37FIrN4OSi-2. The fraction of sp³-hybridized carbons (Fsp3) is 0.237. The third kappa shape index (κ3) is 6.75. The van der Waals surface area contributed by atoms with Crippen LogP contribution in [0.25, 0.3) is 55.7 Å². The standard InChI is InChI=1S/C20H13FN3O.C18H24NSi.Ir/c1-2-24-16-9-4-3-8-15(16)22-19(24)14-7-5-6-12-13-10-11-17(21)23-20(13)25-18(12)14;1-14(2)11-16-12-17(15-9-7-6-8-10-15)19-13-18(16)20(3,4)5;/h3-6,8-11H,2H2,1H3;6-9,12-14H,11H2,1-5H3;/q2*-1;. The van der Waals surface area contributed by atoms with Crippen LogP contribution in [0.1, 0.15) is 26.3 Å². The quantitative estimate of drug-likeness (QED) is 0.0957. The summed E-state index contributed by atoms with van der Waals surface area (Å²) >= 11 is 0. The summed E-state index contributed by atoms with van der Waals surface area (Å²) in [6, 6.07) is 31.6. The Balaban J connectivity index is 0.000000182. The molecule has 8 heteroatoms. The van der Waals surface area contributed by atoms with E-state index in [4.69, 9.17) is 9.40 Å². The molecule has 0 aliphatic heterocycles. The van der Waals surface area contributed by atoms with Crippen LogP contribution < -0.4 is 5.19 Å². The van der Waals surface area contributed by atoms with E-state index in [-0.39, 0.29) is 25.8 Å². The van der Waals surface area contributed by atoms with Crippen molar-refractivity contribution in [2.45, 2.75) is 53.4 Å². The average Bonchev–Trinajstić information content (AvgIpc) is 3.58. The molecule has 237 valence electrons. The van der Waals surface area contributed by atoms with Crippen molar-refractivity contribution in [3.05, 3.63) is 109 Å². The van der Waals surface area contributed by atoms with Gasteiger partial charge in [-0.1, -0.05) is 68.2 Å². The van der Waals surface area contributed by atoms with Crippen molar-refractivity contribution in [2.24, 2.45) is 5.92 Å². The van der Waals surface area contributed by atoms with Crippen LogP contribution >= 0.6 is 0 Å². The van der Waals surface area contributed by atoms with E-state index in [1.165, 1.54) is 16.8 Å². The summed E-state index contributed by atoms with van der Waals surface area (Å²) in [6.45, 7) is 14.6. The first-order valence-corrected chi connectivity index (χ1v) is 19.0. The van der Waals surface area contributed by atoms with E-state index >= 15 is 0 Å². The molecule has 5 nitrogen and oxygen atoms in total. The van der Waals surface area contributed by atoms with Crippen LogP contribution in [0.15, 0.2) is 89.5 Å². The Morgan fingerprint density at radius 2 is 1.70 bits per heavy atom. The number of nitrogens with zero attached hydrogens (tertiary/aromatic N) is 4. The van der Waals surface area contributed by atoms with Crippen LogP contribution in [0.4, 0.5) is 4.39 Å². The second-order valence-corrected chi connectivity index (χ2v) is 17.7. The first kappa shape index (κ1) is 33.4. The summed E-state index contributed by atoms with van der Waals surface area (Å²) in [5, 5.41) is 3.16. The number of para-hydroxylation sites is 2. The minimum atomic E-state index is -1.34. The molecule has 0 bridgehead atoms.